The monoisotopic (exact) mass is 275 g/mol. The average Bonchev–Trinajstić information content (AvgIpc) is 2.75. The van der Waals surface area contributed by atoms with E-state index in [9.17, 15) is 9.59 Å². The van der Waals surface area contributed by atoms with E-state index in [1.54, 1.807) is 24.1 Å². The van der Waals surface area contributed by atoms with Crippen molar-refractivity contribution < 1.29 is 14.3 Å². The van der Waals surface area contributed by atoms with Crippen LogP contribution in [-0.4, -0.2) is 35.8 Å². The molecular weight excluding hydrogens is 254 g/mol. The number of hydrogen-bond acceptors (Lipinski definition) is 3. The Morgan fingerprint density at radius 3 is 2.70 bits per heavy atom. The quantitative estimate of drug-likeness (QED) is 0.584. The smallest absolute Gasteiger partial charge is 0.261 e. The van der Waals surface area contributed by atoms with Gasteiger partial charge in [0.2, 0.25) is 5.78 Å². The number of ketones is 1. The number of hydrogen-bond donors (Lipinski definition) is 0. The summed E-state index contributed by atoms with van der Waals surface area (Å²) in [5.74, 6) is 0.148. The minimum absolute atomic E-state index is 0.122. The third-order valence-corrected chi connectivity index (χ3v) is 3.80. The number of allylic oxidation sites excluding steroid dienone is 3. The molecule has 0 saturated carbocycles. The second kappa shape index (κ2) is 6.07. The fraction of sp³-hybridized carbons (Fsp3) is 0.500. The Labute approximate surface area is 119 Å². The lowest BCUT2D eigenvalue weighted by Gasteiger charge is -2.31. The van der Waals surface area contributed by atoms with Gasteiger partial charge in [-0.3, -0.25) is 9.59 Å². The van der Waals surface area contributed by atoms with Gasteiger partial charge in [-0.25, -0.2) is 0 Å². The lowest BCUT2D eigenvalue weighted by atomic mass is 9.96. The van der Waals surface area contributed by atoms with Gasteiger partial charge in [-0.05, 0) is 18.9 Å². The van der Waals surface area contributed by atoms with Gasteiger partial charge in [0.25, 0.3) is 5.91 Å². The summed E-state index contributed by atoms with van der Waals surface area (Å²) >= 11 is 0. The topological polar surface area (TPSA) is 46.6 Å². The molecule has 0 spiro atoms. The van der Waals surface area contributed by atoms with E-state index in [-0.39, 0.29) is 23.3 Å². The summed E-state index contributed by atoms with van der Waals surface area (Å²) in [4.78, 5) is 26.1. The van der Waals surface area contributed by atoms with Crippen molar-refractivity contribution in [2.24, 2.45) is 0 Å². The molecule has 0 saturated heterocycles. The zero-order valence-corrected chi connectivity index (χ0v) is 12.3. The van der Waals surface area contributed by atoms with E-state index in [0.717, 1.165) is 12.8 Å². The molecule has 0 aromatic heterocycles. The predicted molar refractivity (Wildman–Crippen MR) is 76.9 cm³/mol. The number of Topliss-reactive ketones (excluding diaryl/α,β-unsaturated/α-hetero) is 1. The van der Waals surface area contributed by atoms with E-state index in [4.69, 9.17) is 4.74 Å². The minimum atomic E-state index is -0.644. The van der Waals surface area contributed by atoms with E-state index in [2.05, 4.69) is 0 Å². The second-order valence-corrected chi connectivity index (χ2v) is 5.10. The molecule has 2 heterocycles. The summed E-state index contributed by atoms with van der Waals surface area (Å²) in [5, 5.41) is 0. The van der Waals surface area contributed by atoms with Crippen LogP contribution in [0.3, 0.4) is 0 Å². The van der Waals surface area contributed by atoms with E-state index in [0.29, 0.717) is 12.2 Å². The Balaban J connectivity index is 2.15. The van der Waals surface area contributed by atoms with Crippen LogP contribution in [0.5, 0.6) is 0 Å². The number of likely N-dealkylation sites (N-methyl/N-ethyl adjacent to an activating group) is 1. The molecule has 2 rings (SSSR count). The Morgan fingerprint density at radius 1 is 1.30 bits per heavy atom. The van der Waals surface area contributed by atoms with Crippen molar-refractivity contribution in [3.05, 3.63) is 35.6 Å². The first-order valence-corrected chi connectivity index (χ1v) is 7.14. The van der Waals surface area contributed by atoms with Crippen LogP contribution >= 0.6 is 0 Å². The van der Waals surface area contributed by atoms with E-state index >= 15 is 0 Å². The molecule has 0 aliphatic carbocycles. The molecule has 2 aliphatic heterocycles. The lowest BCUT2D eigenvalue weighted by Crippen LogP contribution is -2.42. The maximum absolute atomic E-state index is 12.2. The average molecular weight is 275 g/mol. The van der Waals surface area contributed by atoms with Crippen LogP contribution in [0.2, 0.25) is 0 Å². The number of rotatable bonds is 4. The zero-order valence-electron chi connectivity index (χ0n) is 12.3. The van der Waals surface area contributed by atoms with Crippen molar-refractivity contribution in [2.75, 3.05) is 7.05 Å². The van der Waals surface area contributed by atoms with Gasteiger partial charge in [-0.15, -0.1) is 0 Å². The molecule has 108 valence electrons. The van der Waals surface area contributed by atoms with Crippen molar-refractivity contribution >= 4 is 11.7 Å². The highest BCUT2D eigenvalue weighted by molar-refractivity contribution is 6.23. The van der Waals surface area contributed by atoms with Crippen molar-refractivity contribution in [3.63, 3.8) is 0 Å². The van der Waals surface area contributed by atoms with Gasteiger partial charge in [0.1, 0.15) is 11.3 Å². The van der Waals surface area contributed by atoms with Crippen LogP contribution in [0.1, 0.15) is 33.1 Å². The molecule has 0 N–H and O–H groups in total. The molecule has 0 aromatic rings. The molecule has 0 bridgehead atoms. The van der Waals surface area contributed by atoms with Crippen LogP contribution in [-0.2, 0) is 14.3 Å². The molecule has 4 heteroatoms. The molecular formula is C16H21NO3. The van der Waals surface area contributed by atoms with Crippen molar-refractivity contribution in [1.29, 1.82) is 0 Å². The van der Waals surface area contributed by atoms with E-state index < -0.39 is 6.10 Å². The van der Waals surface area contributed by atoms with Crippen LogP contribution in [0, 0.1) is 0 Å². The molecule has 2 atom stereocenters. The lowest BCUT2D eigenvalue weighted by molar-refractivity contribution is -0.131. The molecule has 20 heavy (non-hydrogen) atoms. The molecule has 0 aromatic carbocycles. The second-order valence-electron chi connectivity index (χ2n) is 5.10. The summed E-state index contributed by atoms with van der Waals surface area (Å²) < 4.78 is 5.67. The summed E-state index contributed by atoms with van der Waals surface area (Å²) in [6.07, 6.45) is 9.18. The van der Waals surface area contributed by atoms with Crippen LogP contribution in [0.25, 0.3) is 0 Å². The first-order chi connectivity index (χ1) is 9.60. The molecule has 0 fully saturated rings. The molecule has 2 unspecified atom stereocenters. The number of ether oxygens (including phenoxy) is 1. The number of carbonyl (C=O) groups is 2. The fourth-order valence-corrected chi connectivity index (χ4v) is 2.54. The highest BCUT2D eigenvalue weighted by Crippen LogP contribution is 2.33. The van der Waals surface area contributed by atoms with Gasteiger partial charge in [0, 0.05) is 19.5 Å². The summed E-state index contributed by atoms with van der Waals surface area (Å²) in [6, 6.07) is 0.122. The Bertz CT molecular complexity index is 502. The van der Waals surface area contributed by atoms with Gasteiger partial charge in [0.05, 0.1) is 0 Å². The zero-order chi connectivity index (χ0) is 14.7. The summed E-state index contributed by atoms with van der Waals surface area (Å²) in [6.45, 7) is 4.07. The molecule has 2 aliphatic rings. The van der Waals surface area contributed by atoms with Crippen molar-refractivity contribution in [1.82, 2.24) is 4.90 Å². The largest absolute Gasteiger partial charge is 0.481 e. The third kappa shape index (κ3) is 2.55. The van der Waals surface area contributed by atoms with Crippen LogP contribution < -0.4 is 0 Å². The number of amides is 1. The Kier molecular flexibility index (Phi) is 4.42. The molecule has 0 radical (unpaired) electrons. The maximum Gasteiger partial charge on any atom is 0.261 e. The minimum Gasteiger partial charge on any atom is -0.481 e. The van der Waals surface area contributed by atoms with Gasteiger partial charge in [0.15, 0.2) is 6.10 Å². The normalized spacial score (nSPS) is 26.9. The fourth-order valence-electron chi connectivity index (χ4n) is 2.54. The SMILES string of the molecule is CC/C=C/C=C/C1OC2=C(C1=O)C(=O)N(C)C(CC)C2. The first-order valence-electron chi connectivity index (χ1n) is 7.14. The highest BCUT2D eigenvalue weighted by Gasteiger charge is 2.43. The molecule has 4 nitrogen and oxygen atoms in total. The van der Waals surface area contributed by atoms with Crippen molar-refractivity contribution in [3.8, 4) is 0 Å². The van der Waals surface area contributed by atoms with Gasteiger partial charge >= 0.3 is 0 Å². The van der Waals surface area contributed by atoms with Gasteiger partial charge in [-0.2, -0.15) is 0 Å². The molecule has 1 amide bonds. The Hall–Kier alpha value is -1.84. The highest BCUT2D eigenvalue weighted by atomic mass is 16.5. The number of nitrogens with zero attached hydrogens (tertiary/aromatic N) is 1. The number of carbonyl (C=O) groups excluding carboxylic acids is 2. The van der Waals surface area contributed by atoms with Gasteiger partial charge in [-0.1, -0.05) is 32.1 Å². The maximum atomic E-state index is 12.2. The van der Waals surface area contributed by atoms with Crippen molar-refractivity contribution in [2.45, 2.75) is 45.3 Å². The van der Waals surface area contributed by atoms with Crippen LogP contribution in [0.15, 0.2) is 35.6 Å². The standard InChI is InChI=1S/C16H21NO3/c1-4-6-7-8-9-12-15(18)14-13(20-12)10-11(5-2)17(3)16(14)19/h6-9,11-12H,4-5,10H2,1-3H3/b7-6+,9-8+. The predicted octanol–water partition coefficient (Wildman–Crippen LogP) is 2.37. The first kappa shape index (κ1) is 14.6. The van der Waals surface area contributed by atoms with Gasteiger partial charge < -0.3 is 9.64 Å². The summed E-state index contributed by atoms with van der Waals surface area (Å²) in [5.41, 5.74) is 0.242. The van der Waals surface area contributed by atoms with Crippen LogP contribution in [0.4, 0.5) is 0 Å². The Morgan fingerprint density at radius 2 is 2.05 bits per heavy atom. The van der Waals surface area contributed by atoms with E-state index in [1.165, 1.54) is 0 Å². The summed E-state index contributed by atoms with van der Waals surface area (Å²) in [7, 11) is 1.75. The third-order valence-electron chi connectivity index (χ3n) is 3.80. The van der Waals surface area contributed by atoms with E-state index in [1.807, 2.05) is 26.0 Å².